The Balaban J connectivity index is 1.55. The Morgan fingerprint density at radius 2 is 0.862 bits per heavy atom. The molecule has 3 rings (SSSR count). The van der Waals surface area contributed by atoms with Gasteiger partial charge in [-0.2, -0.15) is 0 Å². The van der Waals surface area contributed by atoms with Gasteiger partial charge in [0.15, 0.2) is 5.78 Å². The Labute approximate surface area is 341 Å². The van der Waals surface area contributed by atoms with Gasteiger partial charge in [0.25, 0.3) is 0 Å². The van der Waals surface area contributed by atoms with Gasteiger partial charge in [-0.15, -0.1) is 0 Å². The molecule has 8 N–H and O–H groups in total. The Hall–Kier alpha value is -5.35. The fourth-order valence-electron chi connectivity index (χ4n) is 6.41. The zero-order valence-corrected chi connectivity index (χ0v) is 34.7. The number of carbonyl (C=O) groups excluding carboxylic acids is 6. The summed E-state index contributed by atoms with van der Waals surface area (Å²) in [6.45, 7) is 6.59. The molecular formula is C41H65N11O6. The van der Waals surface area contributed by atoms with Gasteiger partial charge in [-0.3, -0.25) is 28.8 Å². The van der Waals surface area contributed by atoms with Crippen molar-refractivity contribution < 1.29 is 28.8 Å². The van der Waals surface area contributed by atoms with Crippen LogP contribution in [0.5, 0.6) is 0 Å². The first-order chi connectivity index (χ1) is 28.0. The van der Waals surface area contributed by atoms with Crippen LogP contribution in [0.1, 0.15) is 135 Å². The molecule has 0 spiro atoms. The van der Waals surface area contributed by atoms with Crippen molar-refractivity contribution in [1.82, 2.24) is 56.5 Å². The number of nitrogens with one attached hydrogen (secondary N) is 8. The van der Waals surface area contributed by atoms with Crippen molar-refractivity contribution in [3.63, 3.8) is 0 Å². The summed E-state index contributed by atoms with van der Waals surface area (Å²) in [5, 5.41) is 13.5. The second-order valence-corrected chi connectivity index (χ2v) is 15.1. The average molecular weight is 808 g/mol. The van der Waals surface area contributed by atoms with Gasteiger partial charge < -0.3 is 41.5 Å². The van der Waals surface area contributed by atoms with Crippen LogP contribution in [0.3, 0.4) is 0 Å². The van der Waals surface area contributed by atoms with Crippen LogP contribution in [0.2, 0.25) is 0 Å². The smallest absolute Gasteiger partial charge is 0.243 e. The van der Waals surface area contributed by atoms with Crippen LogP contribution in [-0.2, 0) is 48.0 Å². The molecule has 5 amide bonds. The van der Waals surface area contributed by atoms with Crippen molar-refractivity contribution in [3.8, 4) is 0 Å². The van der Waals surface area contributed by atoms with E-state index in [-0.39, 0.29) is 37.4 Å². The Kier molecular flexibility index (Phi) is 21.5. The molecule has 0 saturated heterocycles. The first-order valence-corrected chi connectivity index (χ1v) is 20.9. The van der Waals surface area contributed by atoms with Gasteiger partial charge >= 0.3 is 0 Å². The largest absolute Gasteiger partial charge is 0.348 e. The van der Waals surface area contributed by atoms with Crippen LogP contribution in [0.25, 0.3) is 0 Å². The minimum Gasteiger partial charge on any atom is -0.348 e. The van der Waals surface area contributed by atoms with Gasteiger partial charge in [0.2, 0.25) is 29.5 Å². The number of hydrogen-bond donors (Lipinski definition) is 8. The van der Waals surface area contributed by atoms with Crippen molar-refractivity contribution in [2.45, 2.75) is 167 Å². The van der Waals surface area contributed by atoms with E-state index in [1.165, 1.54) is 110 Å². The molecule has 0 aliphatic heterocycles. The maximum Gasteiger partial charge on any atom is 0.243 e. The van der Waals surface area contributed by atoms with Crippen molar-refractivity contribution >= 4 is 35.3 Å². The molecule has 0 aliphatic carbocycles. The van der Waals surface area contributed by atoms with E-state index < -0.39 is 53.8 Å². The van der Waals surface area contributed by atoms with Crippen molar-refractivity contribution in [1.29, 1.82) is 0 Å². The van der Waals surface area contributed by atoms with Gasteiger partial charge in [0.05, 0.1) is 25.0 Å². The zero-order valence-electron chi connectivity index (χ0n) is 34.7. The number of unbranched alkanes of at least 4 members (excludes halogenated alkanes) is 12. The highest BCUT2D eigenvalue weighted by molar-refractivity contribution is 5.96. The number of nitrogens with zero attached hydrogens (tertiary/aromatic N) is 3. The lowest BCUT2D eigenvalue weighted by Crippen LogP contribution is -2.59. The standard InChI is InChI=1S/C41H65N11O6/c1-5-6-7-8-9-10-11-12-13-14-15-16-17-18-37(54)50-34(19-31-22-42-25-45-31)39(56)49-29(3)38(55)51-36(21-33-24-44-27-47-33)41(58)52-35(20-32-23-43-26-46-32)40(57)48-28(2)30(4)53/h22-29,34-36H,5-21H2,1-4H3,(H,42,45)(H,43,46)(H,44,47)(H,48,57)(H,49,56)(H,50,54)(H,51,55)(H,52,58)/t28-,29-,34-,35+,36+/m0/s1. The number of Topliss-reactive ketones (excluding diaryl/α,β-unsaturated/α-hetero) is 1. The lowest BCUT2D eigenvalue weighted by atomic mass is 10.0. The topological polar surface area (TPSA) is 249 Å². The maximum absolute atomic E-state index is 13.8. The number of aromatic nitrogens is 6. The summed E-state index contributed by atoms with van der Waals surface area (Å²) in [5.41, 5.74) is 1.71. The highest BCUT2D eigenvalue weighted by Crippen LogP contribution is 2.13. The van der Waals surface area contributed by atoms with E-state index in [2.05, 4.69) is 63.4 Å². The number of hydrogen-bond acceptors (Lipinski definition) is 9. The summed E-state index contributed by atoms with van der Waals surface area (Å²) >= 11 is 0. The molecule has 0 radical (unpaired) electrons. The van der Waals surface area contributed by atoms with Gasteiger partial charge in [0, 0.05) is 61.4 Å². The van der Waals surface area contributed by atoms with Gasteiger partial charge in [-0.05, 0) is 27.2 Å². The second kappa shape index (κ2) is 26.5. The molecule has 3 aromatic rings. The summed E-state index contributed by atoms with van der Waals surface area (Å²) in [7, 11) is 0. The number of imidazole rings is 3. The van der Waals surface area contributed by atoms with Gasteiger partial charge in [-0.1, -0.05) is 84.0 Å². The molecule has 0 saturated carbocycles. The molecule has 17 heteroatoms. The number of amides is 5. The van der Waals surface area contributed by atoms with E-state index in [4.69, 9.17) is 0 Å². The number of ketones is 1. The van der Waals surface area contributed by atoms with Crippen LogP contribution >= 0.6 is 0 Å². The van der Waals surface area contributed by atoms with E-state index >= 15 is 0 Å². The quantitative estimate of drug-likeness (QED) is 0.0459. The van der Waals surface area contributed by atoms with Crippen molar-refractivity contribution in [2.24, 2.45) is 0 Å². The molecule has 5 atom stereocenters. The minimum atomic E-state index is -1.20. The van der Waals surface area contributed by atoms with E-state index in [0.29, 0.717) is 23.5 Å². The summed E-state index contributed by atoms with van der Waals surface area (Å²) in [6.07, 6.45) is 24.8. The van der Waals surface area contributed by atoms with Crippen LogP contribution in [0.4, 0.5) is 0 Å². The predicted molar refractivity (Wildman–Crippen MR) is 219 cm³/mol. The molecule has 0 aromatic carbocycles. The number of aromatic amines is 3. The van der Waals surface area contributed by atoms with E-state index in [1.54, 1.807) is 6.20 Å². The third kappa shape index (κ3) is 18.3. The highest BCUT2D eigenvalue weighted by Gasteiger charge is 2.31. The summed E-state index contributed by atoms with van der Waals surface area (Å²) in [6, 6.07) is -5.23. The fourth-order valence-corrected chi connectivity index (χ4v) is 6.41. The van der Waals surface area contributed by atoms with Crippen LogP contribution in [0.15, 0.2) is 37.6 Å². The lowest BCUT2D eigenvalue weighted by molar-refractivity contribution is -0.134. The molecule has 0 unspecified atom stereocenters. The Morgan fingerprint density at radius 1 is 0.500 bits per heavy atom. The molecule has 320 valence electrons. The third-order valence-electron chi connectivity index (χ3n) is 10.1. The molecule has 3 heterocycles. The predicted octanol–water partition coefficient (Wildman–Crippen LogP) is 3.42. The Morgan fingerprint density at radius 3 is 1.26 bits per heavy atom. The molecule has 0 aliphatic rings. The highest BCUT2D eigenvalue weighted by atomic mass is 16.2. The SMILES string of the molecule is CCCCCCCCCCCCCCCC(=O)N[C@@H](Cc1cnc[nH]1)C(=O)N[C@@H](C)C(=O)N[C@H](Cc1cnc[nH]1)C(=O)N[C@H](Cc1cnc[nH]1)C(=O)N[C@@H](C)C(C)=O. The van der Waals surface area contributed by atoms with Crippen LogP contribution < -0.4 is 26.6 Å². The molecule has 17 nitrogen and oxygen atoms in total. The number of carbonyl (C=O) groups is 6. The zero-order chi connectivity index (χ0) is 42.1. The number of rotatable bonds is 30. The van der Waals surface area contributed by atoms with Crippen LogP contribution in [0, 0.1) is 0 Å². The van der Waals surface area contributed by atoms with E-state index in [0.717, 1.165) is 19.3 Å². The second-order valence-electron chi connectivity index (χ2n) is 15.1. The fraction of sp³-hybridized carbons (Fsp3) is 0.634. The monoisotopic (exact) mass is 808 g/mol. The van der Waals surface area contributed by atoms with E-state index in [9.17, 15) is 28.8 Å². The molecule has 58 heavy (non-hydrogen) atoms. The third-order valence-corrected chi connectivity index (χ3v) is 10.1. The van der Waals surface area contributed by atoms with E-state index in [1.807, 2.05) is 0 Å². The molecule has 3 aromatic heterocycles. The summed E-state index contributed by atoms with van der Waals surface area (Å²) < 4.78 is 0. The summed E-state index contributed by atoms with van der Waals surface area (Å²) in [5.74, 6) is -3.07. The average Bonchev–Trinajstić information content (AvgIpc) is 4.01. The maximum atomic E-state index is 13.8. The van der Waals surface area contributed by atoms with Gasteiger partial charge in [-0.25, -0.2) is 15.0 Å². The summed E-state index contributed by atoms with van der Waals surface area (Å²) in [4.78, 5) is 99.8. The first-order valence-electron chi connectivity index (χ1n) is 20.9. The normalized spacial score (nSPS) is 13.7. The van der Waals surface area contributed by atoms with Crippen molar-refractivity contribution in [2.75, 3.05) is 0 Å². The molecule has 0 fully saturated rings. The lowest BCUT2D eigenvalue weighted by Gasteiger charge is -2.25. The first kappa shape index (κ1) is 47.0. The van der Waals surface area contributed by atoms with Crippen LogP contribution in [-0.4, -0.2) is 95.4 Å². The van der Waals surface area contributed by atoms with Crippen molar-refractivity contribution in [3.05, 3.63) is 54.7 Å². The molecular weight excluding hydrogens is 743 g/mol. The molecule has 0 bridgehead atoms. The minimum absolute atomic E-state index is 0.0157. The number of H-pyrrole nitrogens is 3. The van der Waals surface area contributed by atoms with Gasteiger partial charge in [0.1, 0.15) is 24.2 Å². The Bertz CT molecular complexity index is 1650.